The molecule has 2 heterocycles. The molecule has 0 fully saturated rings. The van der Waals surface area contributed by atoms with E-state index in [-0.39, 0.29) is 17.9 Å². The van der Waals surface area contributed by atoms with Crippen LogP contribution in [0.4, 0.5) is 5.95 Å². The van der Waals surface area contributed by atoms with Gasteiger partial charge in [0.2, 0.25) is 5.95 Å². The third-order valence-electron chi connectivity index (χ3n) is 3.80. The molecule has 25 heavy (non-hydrogen) atoms. The highest BCUT2D eigenvalue weighted by atomic mass is 16.2. The van der Waals surface area contributed by atoms with Gasteiger partial charge in [-0.2, -0.15) is 0 Å². The van der Waals surface area contributed by atoms with E-state index in [2.05, 4.69) is 25.3 Å². The van der Waals surface area contributed by atoms with Gasteiger partial charge in [-0.15, -0.1) is 0 Å². The summed E-state index contributed by atoms with van der Waals surface area (Å²) in [6.07, 6.45) is 6.27. The Hall–Kier alpha value is -3.22. The fourth-order valence-electron chi connectivity index (χ4n) is 2.47. The first-order chi connectivity index (χ1) is 12.0. The minimum atomic E-state index is -0.218. The zero-order valence-electron chi connectivity index (χ0n) is 14.2. The van der Waals surface area contributed by atoms with E-state index < -0.39 is 0 Å². The van der Waals surface area contributed by atoms with E-state index in [1.807, 2.05) is 50.3 Å². The Kier molecular flexibility index (Phi) is 4.74. The number of para-hydroxylation sites is 2. The van der Waals surface area contributed by atoms with Crippen LogP contribution in [0.2, 0.25) is 0 Å². The molecule has 1 amide bonds. The molecule has 0 saturated heterocycles. The maximum absolute atomic E-state index is 12.3. The number of H-pyrrole nitrogens is 1. The number of nitrogens with two attached hydrogens (primary N) is 1. The molecule has 7 nitrogen and oxygen atoms in total. The average Bonchev–Trinajstić information content (AvgIpc) is 3.01. The summed E-state index contributed by atoms with van der Waals surface area (Å²) in [5.41, 5.74) is 8.89. The van der Waals surface area contributed by atoms with Gasteiger partial charge >= 0.3 is 0 Å². The van der Waals surface area contributed by atoms with Crippen LogP contribution in [-0.4, -0.2) is 31.9 Å². The number of hydrogen-bond donors (Lipinski definition) is 3. The fourth-order valence-corrected chi connectivity index (χ4v) is 2.47. The Bertz CT molecular complexity index is 897. The Morgan fingerprint density at radius 3 is 2.92 bits per heavy atom. The highest BCUT2D eigenvalue weighted by Crippen LogP contribution is 2.11. The molecular formula is C18H20N6O. The number of aryl methyl sites for hydroxylation is 1. The van der Waals surface area contributed by atoms with Gasteiger partial charge in [0.05, 0.1) is 16.7 Å². The summed E-state index contributed by atoms with van der Waals surface area (Å²) in [4.78, 5) is 27.7. The maximum Gasteiger partial charge on any atom is 0.287 e. The summed E-state index contributed by atoms with van der Waals surface area (Å²) in [6, 6.07) is 7.51. The van der Waals surface area contributed by atoms with Crippen molar-refractivity contribution in [3.63, 3.8) is 0 Å². The molecule has 0 aliphatic rings. The number of nitrogens with zero attached hydrogens (tertiary/aromatic N) is 3. The third kappa shape index (κ3) is 4.00. The van der Waals surface area contributed by atoms with Crippen LogP contribution >= 0.6 is 0 Å². The van der Waals surface area contributed by atoms with Crippen molar-refractivity contribution in [3.8, 4) is 0 Å². The highest BCUT2D eigenvalue weighted by molar-refractivity contribution is 5.94. The number of imidazole rings is 1. The number of nitrogens with one attached hydrogen (secondary N) is 2. The van der Waals surface area contributed by atoms with E-state index in [0.29, 0.717) is 12.2 Å². The second-order valence-electron chi connectivity index (χ2n) is 5.88. The van der Waals surface area contributed by atoms with Crippen molar-refractivity contribution in [1.29, 1.82) is 0 Å². The van der Waals surface area contributed by atoms with Crippen molar-refractivity contribution in [1.82, 2.24) is 25.3 Å². The van der Waals surface area contributed by atoms with E-state index in [0.717, 1.165) is 22.3 Å². The Balaban J connectivity index is 1.59. The topological polar surface area (TPSA) is 110 Å². The summed E-state index contributed by atoms with van der Waals surface area (Å²) >= 11 is 0. The lowest BCUT2D eigenvalue weighted by atomic mass is 10.1. The first kappa shape index (κ1) is 16.6. The summed E-state index contributed by atoms with van der Waals surface area (Å²) in [5.74, 6) is 0.366. The number of carbonyl (C=O) groups is 1. The minimum Gasteiger partial charge on any atom is -0.368 e. The van der Waals surface area contributed by atoms with Crippen molar-refractivity contribution >= 4 is 29.0 Å². The predicted molar refractivity (Wildman–Crippen MR) is 97.9 cm³/mol. The molecule has 2 aromatic heterocycles. The van der Waals surface area contributed by atoms with Crippen LogP contribution in [0.3, 0.4) is 0 Å². The number of carbonyl (C=O) groups excluding carboxylic acids is 1. The average molecular weight is 336 g/mol. The van der Waals surface area contributed by atoms with E-state index in [9.17, 15) is 4.79 Å². The monoisotopic (exact) mass is 336 g/mol. The van der Waals surface area contributed by atoms with E-state index in [1.54, 1.807) is 6.20 Å². The lowest BCUT2D eigenvalue weighted by molar-refractivity contribution is 0.0931. The molecule has 0 spiro atoms. The van der Waals surface area contributed by atoms with Crippen LogP contribution in [0.25, 0.3) is 17.1 Å². The molecule has 128 valence electrons. The molecule has 1 atom stereocenters. The molecule has 0 unspecified atom stereocenters. The SMILES string of the molecule is Cc1nc(N)ncc1/C=C/C[C@H](C)NC(=O)c1nc2ccccc2[nH]1. The number of rotatable bonds is 5. The van der Waals surface area contributed by atoms with Crippen LogP contribution in [0.1, 0.15) is 35.2 Å². The predicted octanol–water partition coefficient (Wildman–Crippen LogP) is 2.47. The number of nitrogen functional groups attached to an aromatic ring is 1. The molecule has 0 radical (unpaired) electrons. The van der Waals surface area contributed by atoms with Gasteiger partial charge in [-0.1, -0.05) is 24.3 Å². The summed E-state index contributed by atoms with van der Waals surface area (Å²) in [7, 11) is 0. The number of anilines is 1. The van der Waals surface area contributed by atoms with Crippen molar-refractivity contribution < 1.29 is 4.79 Å². The van der Waals surface area contributed by atoms with E-state index in [4.69, 9.17) is 5.73 Å². The second-order valence-corrected chi connectivity index (χ2v) is 5.88. The number of fused-ring (bicyclic) bond motifs is 1. The number of aromatic amines is 1. The molecule has 0 saturated carbocycles. The zero-order valence-corrected chi connectivity index (χ0v) is 14.2. The Morgan fingerprint density at radius 2 is 2.16 bits per heavy atom. The van der Waals surface area contributed by atoms with Gasteiger partial charge in [0.1, 0.15) is 0 Å². The largest absolute Gasteiger partial charge is 0.368 e. The fraction of sp³-hybridized carbons (Fsp3) is 0.222. The van der Waals surface area contributed by atoms with Crippen LogP contribution in [0.5, 0.6) is 0 Å². The van der Waals surface area contributed by atoms with Crippen LogP contribution in [-0.2, 0) is 0 Å². The molecule has 7 heteroatoms. The number of benzene rings is 1. The molecule has 3 aromatic rings. The number of hydrogen-bond acceptors (Lipinski definition) is 5. The molecule has 4 N–H and O–H groups in total. The van der Waals surface area contributed by atoms with Gasteiger partial charge in [-0.3, -0.25) is 4.79 Å². The van der Waals surface area contributed by atoms with Crippen molar-refractivity contribution in [2.45, 2.75) is 26.3 Å². The Morgan fingerprint density at radius 1 is 1.36 bits per heavy atom. The quantitative estimate of drug-likeness (QED) is 0.663. The van der Waals surface area contributed by atoms with Crippen LogP contribution < -0.4 is 11.1 Å². The highest BCUT2D eigenvalue weighted by Gasteiger charge is 2.13. The molecular weight excluding hydrogens is 316 g/mol. The lowest BCUT2D eigenvalue weighted by Gasteiger charge is -2.10. The molecule has 1 aromatic carbocycles. The first-order valence-corrected chi connectivity index (χ1v) is 8.04. The third-order valence-corrected chi connectivity index (χ3v) is 3.80. The molecule has 3 rings (SSSR count). The van der Waals surface area contributed by atoms with E-state index >= 15 is 0 Å². The lowest BCUT2D eigenvalue weighted by Crippen LogP contribution is -2.32. The number of amides is 1. The van der Waals surface area contributed by atoms with Crippen molar-refractivity contribution in [2.75, 3.05) is 5.73 Å². The van der Waals surface area contributed by atoms with Crippen LogP contribution in [0.15, 0.2) is 36.5 Å². The summed E-state index contributed by atoms with van der Waals surface area (Å²) in [5, 5.41) is 2.93. The Labute approximate surface area is 145 Å². The van der Waals surface area contributed by atoms with Crippen molar-refractivity contribution in [2.24, 2.45) is 0 Å². The standard InChI is InChI=1S/C18H20N6O/c1-11(6-5-7-13-10-20-18(19)22-12(13)2)21-17(25)16-23-14-8-3-4-9-15(14)24-16/h3-5,7-11H,6H2,1-2H3,(H,21,25)(H,23,24)(H2,19,20,22)/b7-5+/t11-/m0/s1. The molecule has 0 aliphatic heterocycles. The van der Waals surface area contributed by atoms with Gasteiger partial charge < -0.3 is 16.0 Å². The second kappa shape index (κ2) is 7.12. The van der Waals surface area contributed by atoms with Gasteiger partial charge in [0.25, 0.3) is 5.91 Å². The summed E-state index contributed by atoms with van der Waals surface area (Å²) < 4.78 is 0. The molecule has 0 aliphatic carbocycles. The normalized spacial score (nSPS) is 12.6. The van der Waals surface area contributed by atoms with Gasteiger partial charge in [-0.25, -0.2) is 15.0 Å². The maximum atomic E-state index is 12.3. The van der Waals surface area contributed by atoms with Gasteiger partial charge in [0, 0.05) is 17.8 Å². The van der Waals surface area contributed by atoms with Crippen LogP contribution in [0, 0.1) is 6.92 Å². The van der Waals surface area contributed by atoms with Gasteiger partial charge in [-0.05, 0) is 32.4 Å². The van der Waals surface area contributed by atoms with Crippen molar-refractivity contribution in [3.05, 3.63) is 53.6 Å². The smallest absolute Gasteiger partial charge is 0.287 e. The van der Waals surface area contributed by atoms with Gasteiger partial charge in [0.15, 0.2) is 5.82 Å². The minimum absolute atomic E-state index is 0.0352. The summed E-state index contributed by atoms with van der Waals surface area (Å²) in [6.45, 7) is 3.82. The first-order valence-electron chi connectivity index (χ1n) is 8.04. The zero-order chi connectivity index (χ0) is 17.8. The number of aromatic nitrogens is 4. The molecule has 0 bridgehead atoms. The van der Waals surface area contributed by atoms with E-state index in [1.165, 1.54) is 0 Å².